The summed E-state index contributed by atoms with van der Waals surface area (Å²) in [6.45, 7) is 1.91. The van der Waals surface area contributed by atoms with Crippen LogP contribution in [0.5, 0.6) is 0 Å². The van der Waals surface area contributed by atoms with E-state index in [1.165, 1.54) is 0 Å². The number of fused-ring (bicyclic) bond motifs is 3. The molecule has 0 fully saturated rings. The maximum atomic E-state index is 6.05. The van der Waals surface area contributed by atoms with Crippen LogP contribution in [0, 0.1) is 6.92 Å². The fraction of sp³-hybridized carbons (Fsp3) is 0.100. The van der Waals surface area contributed by atoms with Crippen LogP contribution < -0.4 is 0 Å². The molecule has 3 aromatic rings. The van der Waals surface area contributed by atoms with Gasteiger partial charge in [0.25, 0.3) is 0 Å². The highest BCUT2D eigenvalue weighted by atomic mass is 35.5. The molecule has 3 heterocycles. The van der Waals surface area contributed by atoms with Gasteiger partial charge in [0.2, 0.25) is 0 Å². The monoisotopic (exact) mass is 218 g/mol. The lowest BCUT2D eigenvalue weighted by molar-refractivity contribution is 0.947. The zero-order valence-corrected chi connectivity index (χ0v) is 8.73. The van der Waals surface area contributed by atoms with E-state index in [2.05, 4.69) is 15.1 Å². The summed E-state index contributed by atoms with van der Waals surface area (Å²) in [5.41, 5.74) is 3.17. The second-order valence-electron chi connectivity index (χ2n) is 3.33. The Balaban J connectivity index is 2.63. The summed E-state index contributed by atoms with van der Waals surface area (Å²) in [4.78, 5) is 8.50. The van der Waals surface area contributed by atoms with Crippen molar-refractivity contribution in [3.05, 3.63) is 35.2 Å². The molecule has 0 aliphatic heterocycles. The van der Waals surface area contributed by atoms with Crippen LogP contribution in [0.1, 0.15) is 5.69 Å². The highest BCUT2D eigenvalue weighted by molar-refractivity contribution is 6.33. The number of aromatic nitrogens is 4. The van der Waals surface area contributed by atoms with E-state index < -0.39 is 0 Å². The predicted octanol–water partition coefficient (Wildman–Crippen LogP) is 2.24. The van der Waals surface area contributed by atoms with E-state index in [-0.39, 0.29) is 0 Å². The van der Waals surface area contributed by atoms with Gasteiger partial charge in [-0.1, -0.05) is 11.6 Å². The molecule has 0 aliphatic carbocycles. The fourth-order valence-corrected chi connectivity index (χ4v) is 1.84. The van der Waals surface area contributed by atoms with Crippen molar-refractivity contribution < 1.29 is 0 Å². The molecule has 74 valence electrons. The predicted molar refractivity (Wildman–Crippen MR) is 58.0 cm³/mol. The topological polar surface area (TPSA) is 43.1 Å². The van der Waals surface area contributed by atoms with Gasteiger partial charge >= 0.3 is 0 Å². The van der Waals surface area contributed by atoms with E-state index in [1.54, 1.807) is 10.7 Å². The average Bonchev–Trinajstić information content (AvgIpc) is 2.61. The van der Waals surface area contributed by atoms with Crippen LogP contribution in [0.25, 0.3) is 16.7 Å². The van der Waals surface area contributed by atoms with Gasteiger partial charge in [-0.2, -0.15) is 5.10 Å². The fourth-order valence-electron chi connectivity index (χ4n) is 1.61. The molecular formula is C10H7ClN4. The van der Waals surface area contributed by atoms with Crippen molar-refractivity contribution in [3.8, 4) is 0 Å². The van der Waals surface area contributed by atoms with Gasteiger partial charge in [-0.15, -0.1) is 0 Å². The van der Waals surface area contributed by atoms with Crippen LogP contribution >= 0.6 is 11.6 Å². The van der Waals surface area contributed by atoms with Crippen molar-refractivity contribution in [2.24, 2.45) is 0 Å². The van der Waals surface area contributed by atoms with Crippen LogP contribution in [0.3, 0.4) is 0 Å². The summed E-state index contributed by atoms with van der Waals surface area (Å²) in [5, 5.41) is 4.79. The van der Waals surface area contributed by atoms with Crippen LogP contribution in [-0.4, -0.2) is 19.6 Å². The van der Waals surface area contributed by atoms with E-state index in [0.29, 0.717) is 5.15 Å². The molecule has 4 nitrogen and oxygen atoms in total. The van der Waals surface area contributed by atoms with Gasteiger partial charge in [-0.3, -0.25) is 0 Å². The van der Waals surface area contributed by atoms with Crippen molar-refractivity contribution in [2.45, 2.75) is 6.92 Å². The normalized spacial score (nSPS) is 11.3. The summed E-state index contributed by atoms with van der Waals surface area (Å²) in [7, 11) is 0. The number of nitrogens with zero attached hydrogens (tertiary/aromatic N) is 4. The van der Waals surface area contributed by atoms with E-state index >= 15 is 0 Å². The smallest absolute Gasteiger partial charge is 0.180 e. The van der Waals surface area contributed by atoms with Crippen LogP contribution in [0.15, 0.2) is 24.4 Å². The molecule has 0 saturated heterocycles. The standard InChI is InChI=1S/C10H7ClN4/c1-6-5-8-9(11)13-7-3-2-4-12-10(7)15(8)14-6/h2-5H,1H3. The lowest BCUT2D eigenvalue weighted by atomic mass is 10.4. The Labute approximate surface area is 90.5 Å². The molecule has 0 unspecified atom stereocenters. The first-order valence-corrected chi connectivity index (χ1v) is 4.90. The molecule has 0 aromatic carbocycles. The lowest BCUT2D eigenvalue weighted by Crippen LogP contribution is -1.96. The Morgan fingerprint density at radius 3 is 3.13 bits per heavy atom. The number of hydrogen-bond acceptors (Lipinski definition) is 3. The molecular weight excluding hydrogens is 212 g/mol. The lowest BCUT2D eigenvalue weighted by Gasteiger charge is -2.00. The van der Waals surface area contributed by atoms with Crippen molar-refractivity contribution >= 4 is 28.3 Å². The van der Waals surface area contributed by atoms with Gasteiger partial charge in [0.15, 0.2) is 10.8 Å². The van der Waals surface area contributed by atoms with Gasteiger partial charge < -0.3 is 0 Å². The summed E-state index contributed by atoms with van der Waals surface area (Å²) >= 11 is 6.05. The van der Waals surface area contributed by atoms with Crippen LogP contribution in [0.2, 0.25) is 5.15 Å². The maximum Gasteiger partial charge on any atom is 0.180 e. The number of pyridine rings is 1. The molecule has 0 saturated carbocycles. The van der Waals surface area contributed by atoms with Gasteiger partial charge in [0.05, 0.1) is 5.69 Å². The molecule has 0 bridgehead atoms. The summed E-state index contributed by atoms with van der Waals surface area (Å²) < 4.78 is 1.72. The SMILES string of the molecule is Cc1cc2c(Cl)nc3cccnc3n2n1. The van der Waals surface area contributed by atoms with Crippen molar-refractivity contribution in [1.82, 2.24) is 19.6 Å². The Bertz CT molecular complexity index is 659. The minimum absolute atomic E-state index is 0.455. The van der Waals surface area contributed by atoms with Crippen molar-refractivity contribution in [2.75, 3.05) is 0 Å². The zero-order chi connectivity index (χ0) is 10.4. The highest BCUT2D eigenvalue weighted by Crippen LogP contribution is 2.20. The first-order valence-electron chi connectivity index (χ1n) is 4.52. The van der Waals surface area contributed by atoms with E-state index in [4.69, 9.17) is 11.6 Å². The second kappa shape index (κ2) is 2.90. The van der Waals surface area contributed by atoms with E-state index in [9.17, 15) is 0 Å². The van der Waals surface area contributed by atoms with Crippen LogP contribution in [-0.2, 0) is 0 Å². The minimum atomic E-state index is 0.455. The van der Waals surface area contributed by atoms with E-state index in [0.717, 1.165) is 22.4 Å². The molecule has 0 spiro atoms. The molecule has 3 aromatic heterocycles. The van der Waals surface area contributed by atoms with Crippen molar-refractivity contribution in [1.29, 1.82) is 0 Å². The van der Waals surface area contributed by atoms with Crippen molar-refractivity contribution in [3.63, 3.8) is 0 Å². The van der Waals surface area contributed by atoms with Crippen LogP contribution in [0.4, 0.5) is 0 Å². The molecule has 0 N–H and O–H groups in total. The molecule has 0 atom stereocenters. The Kier molecular flexibility index (Phi) is 1.67. The third kappa shape index (κ3) is 1.18. The summed E-state index contributed by atoms with van der Waals surface area (Å²) in [5.74, 6) is 0. The molecule has 3 rings (SSSR count). The van der Waals surface area contributed by atoms with Gasteiger partial charge in [0, 0.05) is 6.20 Å². The molecule has 0 aliphatic rings. The number of rotatable bonds is 0. The Morgan fingerprint density at radius 2 is 2.27 bits per heavy atom. The van der Waals surface area contributed by atoms with E-state index in [1.807, 2.05) is 25.1 Å². The maximum absolute atomic E-state index is 6.05. The molecule has 5 heteroatoms. The minimum Gasteiger partial charge on any atom is -0.235 e. The van der Waals surface area contributed by atoms with Gasteiger partial charge in [-0.05, 0) is 25.1 Å². The quantitative estimate of drug-likeness (QED) is 0.581. The molecule has 0 amide bonds. The Morgan fingerprint density at radius 1 is 1.40 bits per heavy atom. The van der Waals surface area contributed by atoms with Gasteiger partial charge in [0.1, 0.15) is 11.0 Å². The second-order valence-corrected chi connectivity index (χ2v) is 3.69. The molecule has 15 heavy (non-hydrogen) atoms. The zero-order valence-electron chi connectivity index (χ0n) is 7.98. The first-order chi connectivity index (χ1) is 7.25. The Hall–Kier alpha value is -1.68. The summed E-state index contributed by atoms with van der Waals surface area (Å²) in [6.07, 6.45) is 1.72. The summed E-state index contributed by atoms with van der Waals surface area (Å²) in [6, 6.07) is 5.59. The number of aryl methyl sites for hydroxylation is 1. The average molecular weight is 219 g/mol. The third-order valence-electron chi connectivity index (χ3n) is 2.23. The molecule has 0 radical (unpaired) electrons. The van der Waals surface area contributed by atoms with Gasteiger partial charge in [-0.25, -0.2) is 14.5 Å². The number of halogens is 1. The first kappa shape index (κ1) is 8.61. The third-order valence-corrected chi connectivity index (χ3v) is 2.51. The highest BCUT2D eigenvalue weighted by Gasteiger charge is 2.08. The largest absolute Gasteiger partial charge is 0.235 e. The number of hydrogen-bond donors (Lipinski definition) is 0.